The lowest BCUT2D eigenvalue weighted by atomic mass is 10.0. The molecule has 5 heteroatoms. The maximum absolute atomic E-state index is 12.3. The normalized spacial score (nSPS) is 19.8. The van der Waals surface area contributed by atoms with Gasteiger partial charge in [-0.25, -0.2) is 0 Å². The van der Waals surface area contributed by atoms with Crippen LogP contribution in [-0.2, 0) is 0 Å². The quantitative estimate of drug-likeness (QED) is 0.847. The molecule has 2 rings (SSSR count). The van der Waals surface area contributed by atoms with Crippen LogP contribution in [0.2, 0.25) is 0 Å². The number of aromatic amines is 1. The van der Waals surface area contributed by atoms with Gasteiger partial charge in [0.1, 0.15) is 5.69 Å². The first kappa shape index (κ1) is 13.1. The lowest BCUT2D eigenvalue weighted by molar-refractivity contribution is 0.0735. The van der Waals surface area contributed by atoms with E-state index < -0.39 is 0 Å². The minimum Gasteiger partial charge on any atom is -0.336 e. The van der Waals surface area contributed by atoms with Gasteiger partial charge in [-0.2, -0.15) is 5.10 Å². The Bertz CT molecular complexity index is 395. The van der Waals surface area contributed by atoms with Crippen LogP contribution in [0.3, 0.4) is 0 Å². The third kappa shape index (κ3) is 3.10. The number of likely N-dealkylation sites (N-methyl/N-ethyl adjacent to an activating group) is 1. The molecule has 1 aromatic heterocycles. The van der Waals surface area contributed by atoms with Gasteiger partial charge in [0, 0.05) is 24.8 Å². The Morgan fingerprint density at radius 1 is 1.56 bits per heavy atom. The zero-order valence-corrected chi connectivity index (χ0v) is 11.2. The number of hydrogen-bond donors (Lipinski definition) is 2. The highest BCUT2D eigenvalue weighted by molar-refractivity contribution is 5.92. The molecule has 18 heavy (non-hydrogen) atoms. The fraction of sp³-hybridized carbons (Fsp3) is 0.692. The molecule has 1 aliphatic rings. The van der Waals surface area contributed by atoms with Crippen molar-refractivity contribution < 1.29 is 4.79 Å². The molecule has 2 N–H and O–H groups in total. The van der Waals surface area contributed by atoms with E-state index in [-0.39, 0.29) is 5.91 Å². The van der Waals surface area contributed by atoms with Gasteiger partial charge in [-0.05, 0) is 39.3 Å². The van der Waals surface area contributed by atoms with Gasteiger partial charge in [0.25, 0.3) is 5.91 Å². The summed E-state index contributed by atoms with van der Waals surface area (Å²) in [6.45, 7) is 6.49. The van der Waals surface area contributed by atoms with Crippen LogP contribution in [0.5, 0.6) is 0 Å². The van der Waals surface area contributed by atoms with Crippen LogP contribution in [0, 0.1) is 6.92 Å². The SMILES string of the molecule is CCN(CC1CCCCN1)C(=O)c1cc(C)[nH]n1. The third-order valence-corrected chi connectivity index (χ3v) is 3.45. The van der Waals surface area contributed by atoms with E-state index in [2.05, 4.69) is 15.5 Å². The van der Waals surface area contributed by atoms with Gasteiger partial charge in [0.05, 0.1) is 0 Å². The van der Waals surface area contributed by atoms with E-state index in [1.165, 1.54) is 12.8 Å². The summed E-state index contributed by atoms with van der Waals surface area (Å²) in [4.78, 5) is 14.2. The maximum atomic E-state index is 12.3. The molecule has 0 radical (unpaired) electrons. The predicted octanol–water partition coefficient (Wildman–Crippen LogP) is 1.32. The highest BCUT2D eigenvalue weighted by Gasteiger charge is 2.21. The molecule has 1 unspecified atom stereocenters. The van der Waals surface area contributed by atoms with Gasteiger partial charge < -0.3 is 10.2 Å². The van der Waals surface area contributed by atoms with E-state index in [1.807, 2.05) is 18.7 Å². The summed E-state index contributed by atoms with van der Waals surface area (Å²) in [7, 11) is 0. The van der Waals surface area contributed by atoms with E-state index in [0.717, 1.165) is 31.7 Å². The van der Waals surface area contributed by atoms with Crippen LogP contribution in [0.15, 0.2) is 6.07 Å². The van der Waals surface area contributed by atoms with Crippen molar-refractivity contribution in [3.8, 4) is 0 Å². The van der Waals surface area contributed by atoms with Gasteiger partial charge >= 0.3 is 0 Å². The average molecular weight is 250 g/mol. The van der Waals surface area contributed by atoms with Crippen molar-refractivity contribution >= 4 is 5.91 Å². The number of hydrogen-bond acceptors (Lipinski definition) is 3. The standard InChI is InChI=1S/C13H22N4O/c1-3-17(9-11-6-4-5-7-14-11)13(18)12-8-10(2)15-16-12/h8,11,14H,3-7,9H2,1-2H3,(H,15,16). The second-order valence-electron chi connectivity index (χ2n) is 4.93. The van der Waals surface area contributed by atoms with Crippen LogP contribution in [0.25, 0.3) is 0 Å². The second-order valence-corrected chi connectivity index (χ2v) is 4.93. The zero-order valence-electron chi connectivity index (χ0n) is 11.2. The Morgan fingerprint density at radius 2 is 2.39 bits per heavy atom. The Labute approximate surface area is 108 Å². The predicted molar refractivity (Wildman–Crippen MR) is 70.5 cm³/mol. The lowest BCUT2D eigenvalue weighted by Gasteiger charge is -2.29. The van der Waals surface area contributed by atoms with E-state index in [9.17, 15) is 4.79 Å². The number of aryl methyl sites for hydroxylation is 1. The minimum atomic E-state index is 0.0224. The maximum Gasteiger partial charge on any atom is 0.274 e. The molecule has 1 fully saturated rings. The molecule has 0 aromatic carbocycles. The smallest absolute Gasteiger partial charge is 0.274 e. The van der Waals surface area contributed by atoms with E-state index in [4.69, 9.17) is 0 Å². The van der Waals surface area contributed by atoms with Crippen molar-refractivity contribution in [3.63, 3.8) is 0 Å². The summed E-state index contributed by atoms with van der Waals surface area (Å²) in [5, 5.41) is 10.3. The minimum absolute atomic E-state index is 0.0224. The number of aromatic nitrogens is 2. The van der Waals surface area contributed by atoms with E-state index in [0.29, 0.717) is 11.7 Å². The van der Waals surface area contributed by atoms with Crippen molar-refractivity contribution in [2.24, 2.45) is 0 Å². The molecule has 0 spiro atoms. The van der Waals surface area contributed by atoms with Crippen molar-refractivity contribution in [2.75, 3.05) is 19.6 Å². The molecule has 5 nitrogen and oxygen atoms in total. The number of carbonyl (C=O) groups is 1. The van der Waals surface area contributed by atoms with Crippen molar-refractivity contribution in [2.45, 2.75) is 39.2 Å². The molecule has 1 amide bonds. The summed E-state index contributed by atoms with van der Waals surface area (Å²) in [6.07, 6.45) is 3.66. The first-order valence-corrected chi connectivity index (χ1v) is 6.75. The van der Waals surface area contributed by atoms with Crippen LogP contribution < -0.4 is 5.32 Å². The molecule has 100 valence electrons. The monoisotopic (exact) mass is 250 g/mol. The Hall–Kier alpha value is -1.36. The van der Waals surface area contributed by atoms with Crippen LogP contribution >= 0.6 is 0 Å². The van der Waals surface area contributed by atoms with Gasteiger partial charge in [0.2, 0.25) is 0 Å². The van der Waals surface area contributed by atoms with Crippen LogP contribution in [0.1, 0.15) is 42.4 Å². The number of piperidine rings is 1. The summed E-state index contributed by atoms with van der Waals surface area (Å²) < 4.78 is 0. The van der Waals surface area contributed by atoms with Crippen molar-refractivity contribution in [1.29, 1.82) is 0 Å². The zero-order chi connectivity index (χ0) is 13.0. The van der Waals surface area contributed by atoms with E-state index in [1.54, 1.807) is 6.07 Å². The van der Waals surface area contributed by atoms with Gasteiger partial charge in [-0.1, -0.05) is 6.42 Å². The fourth-order valence-electron chi connectivity index (χ4n) is 2.39. The summed E-state index contributed by atoms with van der Waals surface area (Å²) >= 11 is 0. The molecule has 1 saturated heterocycles. The Morgan fingerprint density at radius 3 is 2.94 bits per heavy atom. The van der Waals surface area contributed by atoms with Crippen LogP contribution in [-0.4, -0.2) is 46.7 Å². The number of amides is 1. The highest BCUT2D eigenvalue weighted by atomic mass is 16.2. The largest absolute Gasteiger partial charge is 0.336 e. The molecule has 1 aromatic rings. The van der Waals surface area contributed by atoms with Gasteiger partial charge in [-0.15, -0.1) is 0 Å². The second kappa shape index (κ2) is 6.00. The average Bonchev–Trinajstić information content (AvgIpc) is 2.83. The van der Waals surface area contributed by atoms with Crippen molar-refractivity contribution in [3.05, 3.63) is 17.5 Å². The summed E-state index contributed by atoms with van der Waals surface area (Å²) in [5.74, 6) is 0.0224. The molecular formula is C13H22N4O. The van der Waals surface area contributed by atoms with E-state index >= 15 is 0 Å². The number of carbonyl (C=O) groups excluding carboxylic acids is 1. The number of nitrogens with one attached hydrogen (secondary N) is 2. The first-order valence-electron chi connectivity index (χ1n) is 6.75. The molecule has 0 bridgehead atoms. The first-order chi connectivity index (χ1) is 8.70. The number of H-pyrrole nitrogens is 1. The summed E-state index contributed by atoms with van der Waals surface area (Å²) in [6, 6.07) is 2.24. The lowest BCUT2D eigenvalue weighted by Crippen LogP contribution is -2.45. The molecule has 0 saturated carbocycles. The number of nitrogens with zero attached hydrogens (tertiary/aromatic N) is 2. The molecule has 1 aliphatic heterocycles. The summed E-state index contributed by atoms with van der Waals surface area (Å²) in [5.41, 5.74) is 1.44. The van der Waals surface area contributed by atoms with Crippen LogP contribution in [0.4, 0.5) is 0 Å². The number of rotatable bonds is 4. The Kier molecular flexibility index (Phi) is 4.36. The fourth-order valence-corrected chi connectivity index (χ4v) is 2.39. The highest BCUT2D eigenvalue weighted by Crippen LogP contribution is 2.10. The van der Waals surface area contributed by atoms with Gasteiger partial charge in [-0.3, -0.25) is 9.89 Å². The molecule has 0 aliphatic carbocycles. The molecule has 2 heterocycles. The van der Waals surface area contributed by atoms with Crippen molar-refractivity contribution in [1.82, 2.24) is 20.4 Å². The molecule has 1 atom stereocenters. The van der Waals surface area contributed by atoms with Gasteiger partial charge in [0.15, 0.2) is 0 Å². The third-order valence-electron chi connectivity index (χ3n) is 3.45. The topological polar surface area (TPSA) is 61.0 Å². The molecular weight excluding hydrogens is 228 g/mol. The Balaban J connectivity index is 1.97.